The topological polar surface area (TPSA) is 60.2 Å². The van der Waals surface area contributed by atoms with Gasteiger partial charge in [0.05, 0.1) is 19.3 Å². The van der Waals surface area contributed by atoms with Crippen LogP contribution in [0.5, 0.6) is 0 Å². The van der Waals surface area contributed by atoms with Gasteiger partial charge >= 0.3 is 0 Å². The van der Waals surface area contributed by atoms with Crippen LogP contribution in [0, 0.1) is 11.6 Å². The van der Waals surface area contributed by atoms with Crippen LogP contribution in [-0.4, -0.2) is 38.3 Å². The van der Waals surface area contributed by atoms with E-state index in [1.54, 1.807) is 30.3 Å². The Hall–Kier alpha value is -3.07. The monoisotopic (exact) mass is 467 g/mol. The molecule has 4 aromatic rings. The van der Waals surface area contributed by atoms with E-state index in [0.29, 0.717) is 28.7 Å². The number of benzene rings is 3. The van der Waals surface area contributed by atoms with Crippen LogP contribution in [0.3, 0.4) is 0 Å². The molecule has 1 unspecified atom stereocenters. The molecular formula is C25H23F2N3O2S. The molecule has 0 fully saturated rings. The van der Waals surface area contributed by atoms with Gasteiger partial charge in [0, 0.05) is 23.4 Å². The molecule has 0 amide bonds. The predicted molar refractivity (Wildman–Crippen MR) is 123 cm³/mol. The van der Waals surface area contributed by atoms with E-state index in [1.165, 1.54) is 30.0 Å². The second-order valence-electron chi connectivity index (χ2n) is 7.44. The first kappa shape index (κ1) is 23.1. The summed E-state index contributed by atoms with van der Waals surface area (Å²) in [6, 6.07) is 22.4. The molecule has 1 heterocycles. The minimum absolute atomic E-state index is 0.0584. The fraction of sp³-hybridized carbons (Fsp3) is 0.200. The van der Waals surface area contributed by atoms with Gasteiger partial charge in [-0.15, -0.1) is 10.2 Å². The lowest BCUT2D eigenvalue weighted by Gasteiger charge is -2.13. The number of ether oxygens (including phenoxy) is 1. The lowest BCUT2D eigenvalue weighted by Crippen LogP contribution is -2.18. The highest BCUT2D eigenvalue weighted by atomic mass is 32.2. The summed E-state index contributed by atoms with van der Waals surface area (Å²) in [4.78, 5) is 0. The molecule has 0 aliphatic rings. The highest BCUT2D eigenvalue weighted by molar-refractivity contribution is 7.99. The molecule has 0 spiro atoms. The highest BCUT2D eigenvalue weighted by Gasteiger charge is 2.17. The molecule has 3 aromatic carbocycles. The number of nitrogens with zero attached hydrogens (tertiary/aromatic N) is 3. The van der Waals surface area contributed by atoms with Crippen LogP contribution < -0.4 is 0 Å². The Bertz CT molecular complexity index is 1170. The lowest BCUT2D eigenvalue weighted by molar-refractivity contribution is 0.0386. The van der Waals surface area contributed by atoms with Crippen LogP contribution in [0.4, 0.5) is 8.78 Å². The lowest BCUT2D eigenvalue weighted by atomic mass is 10.1. The van der Waals surface area contributed by atoms with Crippen LogP contribution in [0.1, 0.15) is 17.0 Å². The van der Waals surface area contributed by atoms with E-state index in [4.69, 9.17) is 4.74 Å². The zero-order valence-electron chi connectivity index (χ0n) is 17.8. The number of aliphatic hydroxyl groups excluding tert-OH is 1. The summed E-state index contributed by atoms with van der Waals surface area (Å²) in [5.41, 5.74) is 2.26. The van der Waals surface area contributed by atoms with E-state index in [9.17, 15) is 13.9 Å². The molecule has 0 aliphatic heterocycles. The number of rotatable bonds is 10. The summed E-state index contributed by atoms with van der Waals surface area (Å²) in [6.07, 6.45) is -0.224. The standard InChI is InChI=1S/C25H23F2N3O2S/c26-20-10-12-21(13-11-20)30-24(14-18-6-2-1-3-7-18)28-29-25(30)33-17-22(31)16-32-15-19-8-4-5-9-23(19)27/h1-13,22,31H,14-17H2. The van der Waals surface area contributed by atoms with Gasteiger partial charge in [0.15, 0.2) is 5.16 Å². The highest BCUT2D eigenvalue weighted by Crippen LogP contribution is 2.24. The van der Waals surface area contributed by atoms with Crippen LogP contribution in [0.2, 0.25) is 0 Å². The third-order valence-corrected chi connectivity index (χ3v) is 5.99. The molecule has 8 heteroatoms. The van der Waals surface area contributed by atoms with Gasteiger partial charge in [-0.3, -0.25) is 4.57 Å². The van der Waals surface area contributed by atoms with Gasteiger partial charge in [-0.05, 0) is 35.9 Å². The van der Waals surface area contributed by atoms with Crippen molar-refractivity contribution in [1.82, 2.24) is 14.8 Å². The average molecular weight is 468 g/mol. The number of hydrogen-bond donors (Lipinski definition) is 1. The molecule has 1 N–H and O–H groups in total. The maximum Gasteiger partial charge on any atom is 0.195 e. The molecule has 4 rings (SSSR count). The second kappa shape index (κ2) is 11.2. The van der Waals surface area contributed by atoms with Crippen LogP contribution in [0.25, 0.3) is 5.69 Å². The Morgan fingerprint density at radius 3 is 2.39 bits per heavy atom. The SMILES string of the molecule is OC(COCc1ccccc1F)CSc1nnc(Cc2ccccc2)n1-c1ccc(F)cc1. The third kappa shape index (κ3) is 6.25. The molecule has 5 nitrogen and oxygen atoms in total. The van der Waals surface area contributed by atoms with E-state index >= 15 is 0 Å². The first-order chi connectivity index (χ1) is 16.1. The van der Waals surface area contributed by atoms with Crippen LogP contribution in [-0.2, 0) is 17.8 Å². The number of thioether (sulfide) groups is 1. The maximum absolute atomic E-state index is 13.7. The van der Waals surface area contributed by atoms with Crippen molar-refractivity contribution >= 4 is 11.8 Å². The van der Waals surface area contributed by atoms with Crippen LogP contribution >= 0.6 is 11.8 Å². The summed E-state index contributed by atoms with van der Waals surface area (Å²) in [5.74, 6) is 0.357. The maximum atomic E-state index is 13.7. The minimum atomic E-state index is -0.780. The fourth-order valence-electron chi connectivity index (χ4n) is 3.28. The Balaban J connectivity index is 1.43. The number of aliphatic hydroxyl groups is 1. The van der Waals surface area contributed by atoms with Crippen molar-refractivity contribution in [3.05, 3.63) is 107 Å². The van der Waals surface area contributed by atoms with Crippen molar-refractivity contribution in [2.45, 2.75) is 24.3 Å². The summed E-state index contributed by atoms with van der Waals surface area (Å²) in [6.45, 7) is 0.143. The van der Waals surface area contributed by atoms with Crippen molar-refractivity contribution in [1.29, 1.82) is 0 Å². The predicted octanol–water partition coefficient (Wildman–Crippen LogP) is 4.81. The molecule has 170 valence electrons. The third-order valence-electron chi connectivity index (χ3n) is 4.92. The first-order valence-electron chi connectivity index (χ1n) is 10.5. The average Bonchev–Trinajstić information content (AvgIpc) is 3.22. The molecule has 33 heavy (non-hydrogen) atoms. The zero-order chi connectivity index (χ0) is 23.0. The Labute approximate surface area is 195 Å². The number of hydrogen-bond acceptors (Lipinski definition) is 5. The van der Waals surface area contributed by atoms with Gasteiger partial charge < -0.3 is 9.84 Å². The van der Waals surface area contributed by atoms with Gasteiger partial charge in [-0.25, -0.2) is 8.78 Å². The van der Waals surface area contributed by atoms with E-state index in [2.05, 4.69) is 10.2 Å². The van der Waals surface area contributed by atoms with E-state index in [0.717, 1.165) is 11.3 Å². The Morgan fingerprint density at radius 1 is 0.909 bits per heavy atom. The fourth-order valence-corrected chi connectivity index (χ4v) is 4.15. The van der Waals surface area contributed by atoms with E-state index < -0.39 is 6.10 Å². The van der Waals surface area contributed by atoms with Crippen molar-refractivity contribution < 1.29 is 18.6 Å². The van der Waals surface area contributed by atoms with Crippen molar-refractivity contribution in [3.63, 3.8) is 0 Å². The normalized spacial score (nSPS) is 12.1. The van der Waals surface area contributed by atoms with Gasteiger partial charge in [-0.2, -0.15) is 0 Å². The van der Waals surface area contributed by atoms with Crippen molar-refractivity contribution in [3.8, 4) is 5.69 Å². The van der Waals surface area contributed by atoms with E-state index in [1.807, 2.05) is 34.9 Å². The molecule has 0 radical (unpaired) electrons. The van der Waals surface area contributed by atoms with Crippen molar-refractivity contribution in [2.24, 2.45) is 0 Å². The largest absolute Gasteiger partial charge is 0.390 e. The summed E-state index contributed by atoms with van der Waals surface area (Å²) in [7, 11) is 0. The molecule has 0 saturated carbocycles. The van der Waals surface area contributed by atoms with Crippen molar-refractivity contribution in [2.75, 3.05) is 12.4 Å². The summed E-state index contributed by atoms with van der Waals surface area (Å²) in [5, 5.41) is 19.6. The Morgan fingerprint density at radius 2 is 1.64 bits per heavy atom. The van der Waals surface area contributed by atoms with Gasteiger partial charge in [0.1, 0.15) is 17.5 Å². The molecule has 0 aliphatic carbocycles. The van der Waals surface area contributed by atoms with E-state index in [-0.39, 0.29) is 24.8 Å². The molecular weight excluding hydrogens is 444 g/mol. The first-order valence-corrected chi connectivity index (χ1v) is 11.4. The summed E-state index contributed by atoms with van der Waals surface area (Å²) >= 11 is 1.33. The molecule has 0 bridgehead atoms. The van der Waals surface area contributed by atoms with Gasteiger partial charge in [0.25, 0.3) is 0 Å². The smallest absolute Gasteiger partial charge is 0.195 e. The summed E-state index contributed by atoms with van der Waals surface area (Å²) < 4.78 is 34.5. The zero-order valence-corrected chi connectivity index (χ0v) is 18.6. The number of halogens is 2. The number of aromatic nitrogens is 3. The van der Waals surface area contributed by atoms with Gasteiger partial charge in [0.2, 0.25) is 0 Å². The minimum Gasteiger partial charge on any atom is -0.390 e. The molecule has 1 aromatic heterocycles. The molecule has 0 saturated heterocycles. The van der Waals surface area contributed by atoms with Gasteiger partial charge in [-0.1, -0.05) is 60.3 Å². The molecule has 1 atom stereocenters. The Kier molecular flexibility index (Phi) is 7.83. The van der Waals surface area contributed by atoms with Crippen LogP contribution in [0.15, 0.2) is 84.0 Å². The quantitative estimate of drug-likeness (QED) is 0.339. The second-order valence-corrected chi connectivity index (χ2v) is 8.43.